The minimum absolute atomic E-state index is 0.428. The van der Waals surface area contributed by atoms with Crippen LogP contribution in [0.15, 0.2) is 17.5 Å². The Bertz CT molecular complexity index is 1100. The first-order chi connectivity index (χ1) is 15.3. The number of hydrogen-bond donors (Lipinski definition) is 2. The molecule has 6 heterocycles. The van der Waals surface area contributed by atoms with E-state index in [1.807, 2.05) is 0 Å². The summed E-state index contributed by atoms with van der Waals surface area (Å²) in [6.07, 6.45) is 6.54. The topological polar surface area (TPSA) is 82.2 Å². The molecule has 0 amide bonds. The maximum Gasteiger partial charge on any atom is 0.228 e. The lowest BCUT2D eigenvalue weighted by Crippen LogP contribution is -2.49. The predicted octanol–water partition coefficient (Wildman–Crippen LogP) is 3.48. The van der Waals surface area contributed by atoms with E-state index in [0.29, 0.717) is 24.1 Å². The van der Waals surface area contributed by atoms with Crippen LogP contribution in [0.5, 0.6) is 0 Å². The van der Waals surface area contributed by atoms with Crippen LogP contribution in [-0.2, 0) is 4.74 Å². The molecule has 0 spiro atoms. The third-order valence-electron chi connectivity index (χ3n) is 7.21. The van der Waals surface area contributed by atoms with Crippen molar-refractivity contribution in [2.45, 2.75) is 56.2 Å². The van der Waals surface area contributed by atoms with Crippen molar-refractivity contribution in [1.82, 2.24) is 25.1 Å². The lowest BCUT2D eigenvalue weighted by molar-refractivity contribution is 0.0667. The number of nitrogens with one attached hydrogen (secondary N) is 2. The average molecular weight is 438 g/mol. The first-order valence-corrected chi connectivity index (χ1v) is 12.4. The zero-order valence-electron chi connectivity index (χ0n) is 17.5. The van der Waals surface area contributed by atoms with E-state index >= 15 is 0 Å². The molecule has 1 aliphatic carbocycles. The van der Waals surface area contributed by atoms with Crippen LogP contribution in [0.3, 0.4) is 0 Å². The van der Waals surface area contributed by atoms with Crippen LogP contribution in [-0.4, -0.2) is 69.5 Å². The lowest BCUT2D eigenvalue weighted by atomic mass is 10.2. The number of aromatic amines is 1. The minimum atomic E-state index is 0.428. The van der Waals surface area contributed by atoms with Gasteiger partial charge in [0.2, 0.25) is 5.95 Å². The molecule has 3 aliphatic heterocycles. The van der Waals surface area contributed by atoms with E-state index in [-0.39, 0.29) is 0 Å². The molecule has 31 heavy (non-hydrogen) atoms. The van der Waals surface area contributed by atoms with E-state index < -0.39 is 0 Å². The molecule has 9 heteroatoms. The van der Waals surface area contributed by atoms with Crippen LogP contribution in [0.25, 0.3) is 10.2 Å². The van der Waals surface area contributed by atoms with Crippen LogP contribution in [0.2, 0.25) is 0 Å². The quantitative estimate of drug-likeness (QED) is 0.611. The van der Waals surface area contributed by atoms with Crippen molar-refractivity contribution in [3.05, 3.63) is 23.2 Å². The predicted molar refractivity (Wildman–Crippen MR) is 121 cm³/mol. The number of piperazine rings is 1. The molecule has 2 N–H and O–H groups in total. The first kappa shape index (κ1) is 18.4. The van der Waals surface area contributed by atoms with Gasteiger partial charge in [0.15, 0.2) is 5.82 Å². The van der Waals surface area contributed by atoms with E-state index in [9.17, 15) is 0 Å². The van der Waals surface area contributed by atoms with Crippen LogP contribution >= 0.6 is 11.3 Å². The van der Waals surface area contributed by atoms with Crippen LogP contribution in [0.4, 0.5) is 17.6 Å². The van der Waals surface area contributed by atoms with Crippen molar-refractivity contribution in [2.75, 3.05) is 36.5 Å². The zero-order chi connectivity index (χ0) is 20.4. The summed E-state index contributed by atoms with van der Waals surface area (Å²) >= 11 is 1.68. The zero-order valence-corrected chi connectivity index (χ0v) is 18.3. The molecule has 3 atom stereocenters. The number of thiophene rings is 1. The molecule has 162 valence electrons. The monoisotopic (exact) mass is 437 g/mol. The van der Waals surface area contributed by atoms with Crippen LogP contribution in [0, 0.1) is 0 Å². The number of rotatable bonds is 6. The Hall–Kier alpha value is -2.23. The highest BCUT2D eigenvalue weighted by Gasteiger charge is 2.45. The summed E-state index contributed by atoms with van der Waals surface area (Å²) in [5.74, 6) is 3.26. The van der Waals surface area contributed by atoms with E-state index in [0.717, 1.165) is 59.7 Å². The van der Waals surface area contributed by atoms with Gasteiger partial charge in [0.05, 0.1) is 22.0 Å². The number of H-pyrrole nitrogens is 1. The number of ether oxygens (including phenoxy) is 1. The maximum atomic E-state index is 5.87. The Morgan fingerprint density at radius 3 is 2.97 bits per heavy atom. The van der Waals surface area contributed by atoms with Gasteiger partial charge in [-0.1, -0.05) is 0 Å². The fraction of sp³-hybridized carbons (Fsp3) is 0.591. The summed E-state index contributed by atoms with van der Waals surface area (Å²) in [7, 11) is 0. The van der Waals surface area contributed by atoms with Gasteiger partial charge in [-0.2, -0.15) is 10.1 Å². The largest absolute Gasteiger partial charge is 0.377 e. The highest BCUT2D eigenvalue weighted by Crippen LogP contribution is 2.40. The van der Waals surface area contributed by atoms with Gasteiger partial charge in [-0.15, -0.1) is 11.3 Å². The van der Waals surface area contributed by atoms with Gasteiger partial charge in [0.1, 0.15) is 5.82 Å². The summed E-state index contributed by atoms with van der Waals surface area (Å²) in [4.78, 5) is 15.0. The number of nitrogens with zero attached hydrogens (tertiary/aromatic N) is 5. The Morgan fingerprint density at radius 1 is 1.19 bits per heavy atom. The Balaban J connectivity index is 1.12. The molecule has 3 unspecified atom stereocenters. The molecule has 3 aromatic heterocycles. The van der Waals surface area contributed by atoms with Crippen molar-refractivity contribution in [3.63, 3.8) is 0 Å². The van der Waals surface area contributed by atoms with Crippen molar-refractivity contribution >= 4 is 39.1 Å². The van der Waals surface area contributed by atoms with Crippen molar-refractivity contribution in [1.29, 1.82) is 0 Å². The van der Waals surface area contributed by atoms with Crippen LogP contribution in [0.1, 0.15) is 43.7 Å². The second-order valence-electron chi connectivity index (χ2n) is 9.40. The standard InChI is InChI=1S/C22H27N7OS/c1-2-16(30-6-1)12-28-10-15-8-14(28)11-29(15)22-23-17-5-7-31-20(17)21(25-22)24-19-9-18(26-27-19)13-3-4-13/h5,7,9,13-16H,1-4,6,8,10-12H2,(H2,23,24,25,26,27). The van der Waals surface area contributed by atoms with Gasteiger partial charge in [-0.25, -0.2) is 4.98 Å². The van der Waals surface area contributed by atoms with E-state index in [1.54, 1.807) is 11.3 Å². The number of aromatic nitrogens is 4. The third kappa shape index (κ3) is 3.30. The smallest absolute Gasteiger partial charge is 0.228 e. The number of hydrogen-bond acceptors (Lipinski definition) is 8. The summed E-state index contributed by atoms with van der Waals surface area (Å²) in [6.45, 7) is 4.10. The molecule has 0 radical (unpaired) electrons. The molecule has 7 rings (SSSR count). The van der Waals surface area contributed by atoms with E-state index in [4.69, 9.17) is 14.7 Å². The highest BCUT2D eigenvalue weighted by atomic mass is 32.1. The van der Waals surface area contributed by atoms with Crippen molar-refractivity contribution in [2.24, 2.45) is 0 Å². The molecule has 4 fully saturated rings. The summed E-state index contributed by atoms with van der Waals surface area (Å²) < 4.78 is 6.96. The minimum Gasteiger partial charge on any atom is -0.377 e. The maximum absolute atomic E-state index is 5.87. The molecule has 8 nitrogen and oxygen atoms in total. The number of anilines is 3. The van der Waals surface area contributed by atoms with Gasteiger partial charge >= 0.3 is 0 Å². The first-order valence-electron chi connectivity index (χ1n) is 11.5. The Kier molecular flexibility index (Phi) is 4.23. The Labute approximate surface area is 185 Å². The second-order valence-corrected chi connectivity index (χ2v) is 10.3. The van der Waals surface area contributed by atoms with Crippen LogP contribution < -0.4 is 10.2 Å². The fourth-order valence-corrected chi connectivity index (χ4v) is 6.23. The van der Waals surface area contributed by atoms with Crippen molar-refractivity contribution < 1.29 is 4.74 Å². The molecule has 3 saturated heterocycles. The van der Waals surface area contributed by atoms with E-state index in [2.05, 4.69) is 42.8 Å². The third-order valence-corrected chi connectivity index (χ3v) is 8.12. The van der Waals surface area contributed by atoms with Gasteiger partial charge in [-0.3, -0.25) is 10.00 Å². The molecule has 3 aromatic rings. The fourth-order valence-electron chi connectivity index (χ4n) is 5.45. The highest BCUT2D eigenvalue weighted by molar-refractivity contribution is 7.17. The summed E-state index contributed by atoms with van der Waals surface area (Å²) in [5, 5.41) is 13.2. The molecule has 4 aliphatic rings. The van der Waals surface area contributed by atoms with Gasteiger partial charge in [-0.05, 0) is 43.6 Å². The van der Waals surface area contributed by atoms with Gasteiger partial charge in [0.25, 0.3) is 0 Å². The SMILES string of the molecule is c1cc2nc(N3CC4CC3CN4CC3CCCO3)nc(Nc3cc(C4CC4)n[nH]3)c2s1. The molecule has 0 aromatic carbocycles. The average Bonchev–Trinajstić information content (AvgIpc) is 3.32. The number of likely N-dealkylation sites (tertiary alicyclic amines) is 1. The normalized spacial score (nSPS) is 28.3. The molecular formula is C22H27N7OS. The lowest BCUT2D eigenvalue weighted by Gasteiger charge is -2.35. The summed E-state index contributed by atoms with van der Waals surface area (Å²) in [5.41, 5.74) is 2.17. The van der Waals surface area contributed by atoms with Gasteiger partial charge < -0.3 is 15.0 Å². The molecule has 2 bridgehead atoms. The molecular weight excluding hydrogens is 410 g/mol. The Morgan fingerprint density at radius 2 is 2.16 bits per heavy atom. The van der Waals surface area contributed by atoms with Crippen molar-refractivity contribution in [3.8, 4) is 0 Å². The number of fused-ring (bicyclic) bond motifs is 3. The molecule has 1 saturated carbocycles. The second kappa shape index (κ2) is 7.15. The van der Waals surface area contributed by atoms with E-state index in [1.165, 1.54) is 32.1 Å². The summed E-state index contributed by atoms with van der Waals surface area (Å²) in [6, 6.07) is 5.29. The van der Waals surface area contributed by atoms with Gasteiger partial charge in [0, 0.05) is 50.3 Å².